The molecule has 0 radical (unpaired) electrons. The average molecular weight is 469 g/mol. The Labute approximate surface area is 199 Å². The molecule has 1 aromatic rings. The van der Waals surface area contributed by atoms with Crippen molar-refractivity contribution in [2.24, 2.45) is 40.2 Å². The Morgan fingerprint density at radius 1 is 1.21 bits per heavy atom. The van der Waals surface area contributed by atoms with Crippen LogP contribution >= 0.6 is 0 Å². The summed E-state index contributed by atoms with van der Waals surface area (Å²) in [5, 5.41) is 0. The number of likely N-dealkylation sites (tertiary alicyclic amines) is 1. The minimum atomic E-state index is -0.689. The number of fused-ring (bicyclic) bond motifs is 1. The van der Waals surface area contributed by atoms with E-state index in [1.165, 1.54) is 7.11 Å². The lowest BCUT2D eigenvalue weighted by Gasteiger charge is -2.68. The lowest BCUT2D eigenvalue weighted by atomic mass is 9.42. The van der Waals surface area contributed by atoms with E-state index in [0.29, 0.717) is 23.8 Å². The predicted molar refractivity (Wildman–Crippen MR) is 120 cm³/mol. The van der Waals surface area contributed by atoms with Crippen LogP contribution in [0.4, 0.5) is 0 Å². The van der Waals surface area contributed by atoms with E-state index in [-0.39, 0.29) is 60.8 Å². The van der Waals surface area contributed by atoms with Crippen LogP contribution in [0.15, 0.2) is 18.2 Å². The highest BCUT2D eigenvalue weighted by Crippen LogP contribution is 2.67. The maximum atomic E-state index is 13.7. The second-order valence-electron chi connectivity index (χ2n) is 11.5. The van der Waals surface area contributed by atoms with Crippen LogP contribution in [-0.2, 0) is 19.1 Å². The van der Waals surface area contributed by atoms with Crippen LogP contribution in [0.3, 0.4) is 0 Å². The van der Waals surface area contributed by atoms with E-state index >= 15 is 0 Å². The molecule has 2 amide bonds. The minimum Gasteiger partial charge on any atom is -0.469 e. The molecule has 1 aromatic carbocycles. The zero-order valence-electron chi connectivity index (χ0n) is 19.9. The topological polar surface area (TPSA) is 108 Å². The van der Waals surface area contributed by atoms with Gasteiger partial charge in [0, 0.05) is 18.0 Å². The molecule has 2 heterocycles. The van der Waals surface area contributed by atoms with Crippen LogP contribution in [0, 0.1) is 34.5 Å². The molecule has 4 unspecified atom stereocenters. The van der Waals surface area contributed by atoms with E-state index in [4.69, 9.17) is 19.9 Å². The van der Waals surface area contributed by atoms with Gasteiger partial charge >= 0.3 is 5.97 Å². The number of carbonyl (C=O) groups excluding carboxylic acids is 3. The summed E-state index contributed by atoms with van der Waals surface area (Å²) in [5.74, 6) is 1.31. The fourth-order valence-corrected chi connectivity index (χ4v) is 8.38. The molecule has 2 aliphatic heterocycles. The molecule has 182 valence electrons. The van der Waals surface area contributed by atoms with Gasteiger partial charge in [0.05, 0.1) is 24.0 Å². The van der Waals surface area contributed by atoms with E-state index in [9.17, 15) is 14.4 Å². The smallest absolute Gasteiger partial charge is 0.305 e. The number of benzene rings is 1. The second kappa shape index (κ2) is 7.12. The van der Waals surface area contributed by atoms with E-state index in [1.54, 1.807) is 0 Å². The SMILES string of the molecule is COC(=O)CC1[C@@H]2CC3CC(C[C@]1(C(N)=O)C3)[C@H]2N1C(=O)C(C)(C)C1c1cccc2c1OCO2. The third kappa shape index (κ3) is 2.68. The van der Waals surface area contributed by atoms with Gasteiger partial charge in [0.15, 0.2) is 11.5 Å². The quantitative estimate of drug-likeness (QED) is 0.526. The molecule has 6 aliphatic rings. The Kier molecular flexibility index (Phi) is 4.55. The highest BCUT2D eigenvalue weighted by molar-refractivity contribution is 5.91. The fourth-order valence-electron chi connectivity index (χ4n) is 8.38. The summed E-state index contributed by atoms with van der Waals surface area (Å²) in [7, 11) is 1.38. The van der Waals surface area contributed by atoms with Gasteiger partial charge in [-0.15, -0.1) is 0 Å². The lowest BCUT2D eigenvalue weighted by molar-refractivity contribution is -0.212. The Balaban J connectivity index is 1.42. The first kappa shape index (κ1) is 21.7. The van der Waals surface area contributed by atoms with Crippen LogP contribution in [0.2, 0.25) is 0 Å². The third-order valence-electron chi connectivity index (χ3n) is 9.56. The number of methoxy groups -OCH3 is 1. The Morgan fingerprint density at radius 2 is 2.00 bits per heavy atom. The number of hydrogen-bond donors (Lipinski definition) is 1. The van der Waals surface area contributed by atoms with E-state index in [1.807, 2.05) is 36.9 Å². The van der Waals surface area contributed by atoms with Gasteiger partial charge in [0.1, 0.15) is 0 Å². The number of ether oxygens (including phenoxy) is 3. The van der Waals surface area contributed by atoms with Gasteiger partial charge in [-0.2, -0.15) is 0 Å². The van der Waals surface area contributed by atoms with Crippen molar-refractivity contribution in [2.75, 3.05) is 13.9 Å². The maximum absolute atomic E-state index is 13.7. The lowest BCUT2D eigenvalue weighted by Crippen LogP contribution is -2.73. The number of hydrogen-bond acceptors (Lipinski definition) is 6. The maximum Gasteiger partial charge on any atom is 0.305 e. The van der Waals surface area contributed by atoms with E-state index in [0.717, 1.165) is 24.8 Å². The number of rotatable bonds is 5. The van der Waals surface area contributed by atoms with Crippen molar-refractivity contribution in [3.63, 3.8) is 0 Å². The molecular formula is C26H32N2O6. The molecule has 0 aromatic heterocycles. The van der Waals surface area contributed by atoms with Crippen LogP contribution < -0.4 is 15.2 Å². The van der Waals surface area contributed by atoms with E-state index in [2.05, 4.69) is 0 Å². The van der Waals surface area contributed by atoms with Crippen molar-refractivity contribution < 1.29 is 28.6 Å². The molecule has 8 heteroatoms. The summed E-state index contributed by atoms with van der Waals surface area (Å²) in [5.41, 5.74) is 5.70. The second-order valence-corrected chi connectivity index (χ2v) is 11.5. The molecule has 1 saturated heterocycles. The first-order chi connectivity index (χ1) is 16.2. The summed E-state index contributed by atoms with van der Waals surface area (Å²) in [6, 6.07) is 5.64. The van der Waals surface area contributed by atoms with Crippen molar-refractivity contribution in [3.8, 4) is 11.5 Å². The summed E-state index contributed by atoms with van der Waals surface area (Å²) >= 11 is 0. The normalized spacial score (nSPS) is 38.6. The van der Waals surface area contributed by atoms with Crippen molar-refractivity contribution in [1.29, 1.82) is 0 Å². The largest absolute Gasteiger partial charge is 0.469 e. The van der Waals surface area contributed by atoms with Gasteiger partial charge in [0.25, 0.3) is 0 Å². The highest BCUT2D eigenvalue weighted by atomic mass is 16.7. The number of nitrogens with zero attached hydrogens (tertiary/aromatic N) is 1. The summed E-state index contributed by atoms with van der Waals surface area (Å²) in [6.07, 6.45) is 3.43. The number of primary amides is 1. The number of β-lactam (4-membered cyclic amide) rings is 1. The molecule has 0 spiro atoms. The zero-order chi connectivity index (χ0) is 24.0. The molecule has 4 aliphatic carbocycles. The summed E-state index contributed by atoms with van der Waals surface area (Å²) in [4.78, 5) is 41.0. The van der Waals surface area contributed by atoms with Gasteiger partial charge in [-0.1, -0.05) is 12.1 Å². The predicted octanol–water partition coefficient (Wildman–Crippen LogP) is 2.79. The van der Waals surface area contributed by atoms with Crippen molar-refractivity contribution >= 4 is 17.8 Å². The first-order valence-electron chi connectivity index (χ1n) is 12.3. The minimum absolute atomic E-state index is 0.0364. The summed E-state index contributed by atoms with van der Waals surface area (Å²) < 4.78 is 16.4. The molecule has 2 N–H and O–H groups in total. The van der Waals surface area contributed by atoms with Crippen molar-refractivity contribution in [1.82, 2.24) is 4.90 Å². The van der Waals surface area contributed by atoms with Crippen LogP contribution in [-0.4, -0.2) is 42.6 Å². The molecule has 5 fully saturated rings. The monoisotopic (exact) mass is 468 g/mol. The van der Waals surface area contributed by atoms with Gasteiger partial charge in [-0.05, 0) is 69.3 Å². The van der Waals surface area contributed by atoms with Crippen molar-refractivity contribution in [2.45, 2.75) is 58.0 Å². The molecule has 4 bridgehead atoms. The number of carbonyl (C=O) groups is 3. The fraction of sp³-hybridized carbons (Fsp3) is 0.654. The molecular weight excluding hydrogens is 436 g/mol. The average Bonchev–Trinajstić information content (AvgIpc) is 3.29. The van der Waals surface area contributed by atoms with Crippen molar-refractivity contribution in [3.05, 3.63) is 23.8 Å². The standard InChI is InChI=1S/C26H32N2O6/c1-25(2)22(15-5-4-6-18-21(15)34-12-33-18)28(24(25)31)20-14-7-13-8-16(20)17(9-19(29)32-3)26(10-13,11-14)23(27)30/h4-6,13-14,16-17,20,22H,7-12H2,1-3H3,(H2,27,30)/t13?,14?,16-,17?,20+,22?,26+/m0/s1. The first-order valence-corrected chi connectivity index (χ1v) is 12.3. The highest BCUT2D eigenvalue weighted by Gasteiger charge is 2.69. The molecule has 8 nitrogen and oxygen atoms in total. The number of amides is 2. The third-order valence-corrected chi connectivity index (χ3v) is 9.56. The Bertz CT molecular complexity index is 1090. The number of esters is 1. The molecule has 7 rings (SSSR count). The van der Waals surface area contributed by atoms with Gasteiger partial charge in [-0.3, -0.25) is 14.4 Å². The van der Waals surface area contributed by atoms with Crippen LogP contribution in [0.25, 0.3) is 0 Å². The van der Waals surface area contributed by atoms with Gasteiger partial charge < -0.3 is 24.8 Å². The van der Waals surface area contributed by atoms with E-state index < -0.39 is 10.8 Å². The van der Waals surface area contributed by atoms with Crippen LogP contribution in [0.5, 0.6) is 11.5 Å². The van der Waals surface area contributed by atoms with Crippen LogP contribution in [0.1, 0.15) is 57.6 Å². The number of nitrogens with two attached hydrogens (primary N) is 1. The molecule has 7 atom stereocenters. The van der Waals surface area contributed by atoms with Gasteiger partial charge in [0.2, 0.25) is 18.6 Å². The van der Waals surface area contributed by atoms with Gasteiger partial charge in [-0.25, -0.2) is 0 Å². The Hall–Kier alpha value is -2.77. The Morgan fingerprint density at radius 3 is 2.74 bits per heavy atom. The molecule has 4 saturated carbocycles. The zero-order valence-corrected chi connectivity index (χ0v) is 19.9. The summed E-state index contributed by atoms with van der Waals surface area (Å²) in [6.45, 7) is 4.14. The molecule has 34 heavy (non-hydrogen) atoms. The number of para-hydroxylation sites is 1.